The van der Waals surface area contributed by atoms with Gasteiger partial charge in [-0.05, 0) is 25.7 Å². The van der Waals surface area contributed by atoms with Gasteiger partial charge in [0.25, 0.3) is 0 Å². The zero-order valence-electron chi connectivity index (χ0n) is 7.84. The van der Waals surface area contributed by atoms with Crippen LogP contribution in [0.15, 0.2) is 0 Å². The Morgan fingerprint density at radius 2 is 2.38 bits per heavy atom. The van der Waals surface area contributed by atoms with E-state index in [0.717, 1.165) is 5.92 Å². The zero-order valence-corrected chi connectivity index (χ0v) is 7.84. The molecule has 1 atom stereocenters. The number of rotatable bonds is 5. The molecule has 4 nitrogen and oxygen atoms in total. The Morgan fingerprint density at radius 3 is 2.92 bits per heavy atom. The van der Waals surface area contributed by atoms with Gasteiger partial charge in [-0.15, -0.1) is 0 Å². The van der Waals surface area contributed by atoms with Crippen LogP contribution in [0.5, 0.6) is 0 Å². The number of carbonyl (C=O) groups is 1. The van der Waals surface area contributed by atoms with Crippen LogP contribution in [0.3, 0.4) is 0 Å². The molecule has 2 N–H and O–H groups in total. The molecule has 0 radical (unpaired) electrons. The molecule has 13 heavy (non-hydrogen) atoms. The molecule has 1 aliphatic rings. The van der Waals surface area contributed by atoms with E-state index in [4.69, 9.17) is 5.26 Å². The zero-order chi connectivity index (χ0) is 9.68. The number of nitriles is 1. The molecule has 1 fully saturated rings. The molecule has 72 valence electrons. The van der Waals surface area contributed by atoms with Crippen molar-refractivity contribution in [2.45, 2.75) is 25.8 Å². The molecule has 1 unspecified atom stereocenters. The van der Waals surface area contributed by atoms with Gasteiger partial charge in [-0.2, -0.15) is 5.26 Å². The lowest BCUT2D eigenvalue weighted by molar-refractivity contribution is -0.120. The molecule has 0 spiro atoms. The van der Waals surface area contributed by atoms with Gasteiger partial charge in [0.1, 0.15) is 6.54 Å². The van der Waals surface area contributed by atoms with E-state index in [0.29, 0.717) is 12.6 Å². The topological polar surface area (TPSA) is 64.9 Å². The predicted octanol–water partition coefficient (Wildman–Crippen LogP) is 0.0143. The lowest BCUT2D eigenvalue weighted by Gasteiger charge is -2.11. The fraction of sp³-hybridized carbons (Fsp3) is 0.778. The van der Waals surface area contributed by atoms with E-state index in [1.165, 1.54) is 12.8 Å². The smallest absolute Gasteiger partial charge is 0.234 e. The molecule has 0 aliphatic heterocycles. The normalized spacial score (nSPS) is 17.5. The molecule has 1 rings (SSSR count). The second-order valence-electron chi connectivity index (χ2n) is 3.44. The van der Waals surface area contributed by atoms with Gasteiger partial charge in [-0.1, -0.05) is 0 Å². The SMILES string of the molecule is CC(NCC(=O)NCC#N)C1CC1. The Balaban J connectivity index is 2.04. The average Bonchev–Trinajstić information content (AvgIpc) is 2.93. The van der Waals surface area contributed by atoms with Gasteiger partial charge >= 0.3 is 0 Å². The Kier molecular flexibility index (Phi) is 3.71. The van der Waals surface area contributed by atoms with Gasteiger partial charge in [-0.25, -0.2) is 0 Å². The summed E-state index contributed by atoms with van der Waals surface area (Å²) in [5.41, 5.74) is 0. The molecular weight excluding hydrogens is 166 g/mol. The minimum absolute atomic E-state index is 0.0956. The van der Waals surface area contributed by atoms with Gasteiger partial charge in [0.15, 0.2) is 0 Å². The van der Waals surface area contributed by atoms with Crippen LogP contribution in [-0.2, 0) is 4.79 Å². The van der Waals surface area contributed by atoms with Crippen molar-refractivity contribution in [3.05, 3.63) is 0 Å². The molecule has 0 heterocycles. The van der Waals surface area contributed by atoms with Crippen LogP contribution in [0.4, 0.5) is 0 Å². The van der Waals surface area contributed by atoms with E-state index in [1.54, 1.807) is 0 Å². The summed E-state index contributed by atoms with van der Waals surface area (Å²) in [5.74, 6) is 0.651. The highest BCUT2D eigenvalue weighted by molar-refractivity contribution is 5.78. The summed E-state index contributed by atoms with van der Waals surface area (Å²) in [5, 5.41) is 13.8. The summed E-state index contributed by atoms with van der Waals surface area (Å²) in [7, 11) is 0. The van der Waals surface area contributed by atoms with Crippen LogP contribution >= 0.6 is 0 Å². The van der Waals surface area contributed by atoms with Crippen LogP contribution in [0.1, 0.15) is 19.8 Å². The third kappa shape index (κ3) is 3.90. The number of hydrogen-bond acceptors (Lipinski definition) is 3. The molecule has 0 aromatic heterocycles. The number of hydrogen-bond donors (Lipinski definition) is 2. The van der Waals surface area contributed by atoms with E-state index in [-0.39, 0.29) is 12.5 Å². The molecule has 1 aliphatic carbocycles. The van der Waals surface area contributed by atoms with Crippen molar-refractivity contribution >= 4 is 5.91 Å². The maximum Gasteiger partial charge on any atom is 0.234 e. The molecule has 1 amide bonds. The van der Waals surface area contributed by atoms with E-state index >= 15 is 0 Å². The Labute approximate surface area is 78.3 Å². The summed E-state index contributed by atoms with van der Waals surface area (Å²) >= 11 is 0. The summed E-state index contributed by atoms with van der Waals surface area (Å²) < 4.78 is 0. The average molecular weight is 181 g/mol. The second kappa shape index (κ2) is 4.83. The highest BCUT2D eigenvalue weighted by Gasteiger charge is 2.27. The summed E-state index contributed by atoms with van der Waals surface area (Å²) in [4.78, 5) is 11.0. The molecule has 0 aromatic carbocycles. The fourth-order valence-electron chi connectivity index (χ4n) is 1.22. The Morgan fingerprint density at radius 1 is 1.69 bits per heavy atom. The van der Waals surface area contributed by atoms with Gasteiger partial charge in [0.2, 0.25) is 5.91 Å². The second-order valence-corrected chi connectivity index (χ2v) is 3.44. The maximum absolute atomic E-state index is 11.0. The maximum atomic E-state index is 11.0. The molecule has 4 heteroatoms. The first-order valence-electron chi connectivity index (χ1n) is 4.61. The van der Waals surface area contributed by atoms with Crippen LogP contribution in [0.25, 0.3) is 0 Å². The van der Waals surface area contributed by atoms with Gasteiger partial charge in [0.05, 0.1) is 12.6 Å². The number of carbonyl (C=O) groups excluding carboxylic acids is 1. The van der Waals surface area contributed by atoms with Gasteiger partial charge in [0, 0.05) is 6.04 Å². The Hall–Kier alpha value is -1.08. The van der Waals surface area contributed by atoms with Crippen LogP contribution in [-0.4, -0.2) is 25.0 Å². The number of nitrogens with one attached hydrogen (secondary N) is 2. The van der Waals surface area contributed by atoms with Gasteiger partial charge < -0.3 is 10.6 Å². The first-order chi connectivity index (χ1) is 6.24. The van der Waals surface area contributed by atoms with Gasteiger partial charge in [-0.3, -0.25) is 4.79 Å². The first kappa shape index (κ1) is 10.0. The number of nitrogens with zero attached hydrogens (tertiary/aromatic N) is 1. The molecule has 0 saturated heterocycles. The quantitative estimate of drug-likeness (QED) is 0.587. The van der Waals surface area contributed by atoms with Crippen molar-refractivity contribution in [3.63, 3.8) is 0 Å². The summed E-state index contributed by atoms with van der Waals surface area (Å²) in [6.07, 6.45) is 2.54. The molecule has 1 saturated carbocycles. The lowest BCUT2D eigenvalue weighted by Crippen LogP contribution is -2.38. The highest BCUT2D eigenvalue weighted by Crippen LogP contribution is 2.32. The monoisotopic (exact) mass is 181 g/mol. The van der Waals surface area contributed by atoms with E-state index in [9.17, 15) is 4.79 Å². The van der Waals surface area contributed by atoms with Crippen molar-refractivity contribution in [1.82, 2.24) is 10.6 Å². The van der Waals surface area contributed by atoms with E-state index < -0.39 is 0 Å². The minimum Gasteiger partial charge on any atom is -0.342 e. The summed E-state index contributed by atoms with van der Waals surface area (Å²) in [6, 6.07) is 2.29. The van der Waals surface area contributed by atoms with Crippen molar-refractivity contribution in [2.24, 2.45) is 5.92 Å². The van der Waals surface area contributed by atoms with Crippen LogP contribution in [0.2, 0.25) is 0 Å². The standard InChI is InChI=1S/C9H15N3O/c1-7(8-2-3-8)12-6-9(13)11-5-4-10/h7-8,12H,2-3,5-6H2,1H3,(H,11,13). The van der Waals surface area contributed by atoms with Crippen LogP contribution in [0, 0.1) is 17.2 Å². The van der Waals surface area contributed by atoms with Crippen molar-refractivity contribution in [1.29, 1.82) is 5.26 Å². The minimum atomic E-state index is -0.103. The lowest BCUT2D eigenvalue weighted by atomic mass is 10.2. The first-order valence-corrected chi connectivity index (χ1v) is 4.61. The third-order valence-electron chi connectivity index (χ3n) is 2.28. The van der Waals surface area contributed by atoms with Crippen LogP contribution < -0.4 is 10.6 Å². The third-order valence-corrected chi connectivity index (χ3v) is 2.28. The fourth-order valence-corrected chi connectivity index (χ4v) is 1.22. The highest BCUT2D eigenvalue weighted by atomic mass is 16.1. The number of amides is 1. The van der Waals surface area contributed by atoms with Crippen molar-refractivity contribution in [3.8, 4) is 6.07 Å². The van der Waals surface area contributed by atoms with E-state index in [1.807, 2.05) is 6.07 Å². The molecule has 0 bridgehead atoms. The predicted molar refractivity (Wildman–Crippen MR) is 48.8 cm³/mol. The van der Waals surface area contributed by atoms with Crippen molar-refractivity contribution < 1.29 is 4.79 Å². The Bertz CT molecular complexity index is 217. The van der Waals surface area contributed by atoms with E-state index in [2.05, 4.69) is 17.6 Å². The summed E-state index contributed by atoms with van der Waals surface area (Å²) in [6.45, 7) is 2.51. The molecular formula is C9H15N3O. The molecule has 0 aromatic rings. The van der Waals surface area contributed by atoms with Crippen molar-refractivity contribution in [2.75, 3.05) is 13.1 Å². The largest absolute Gasteiger partial charge is 0.342 e.